The number of anilines is 1. The van der Waals surface area contributed by atoms with Gasteiger partial charge in [0.15, 0.2) is 5.13 Å². The summed E-state index contributed by atoms with van der Waals surface area (Å²) in [7, 11) is 1.35. The molecule has 1 aromatic heterocycles. The molecule has 1 fully saturated rings. The van der Waals surface area contributed by atoms with Crippen LogP contribution in [0.25, 0.3) is 0 Å². The third-order valence-electron chi connectivity index (χ3n) is 3.03. The molecule has 0 saturated heterocycles. The zero-order chi connectivity index (χ0) is 13.3. The molecule has 0 aliphatic heterocycles. The molecular weight excluding hydrogens is 252 g/mol. The van der Waals surface area contributed by atoms with Crippen LogP contribution < -0.4 is 4.90 Å². The fourth-order valence-electron chi connectivity index (χ4n) is 1.93. The lowest BCUT2D eigenvalue weighted by molar-refractivity contribution is -0.143. The lowest BCUT2D eigenvalue weighted by Crippen LogP contribution is -2.33. The van der Waals surface area contributed by atoms with Crippen LogP contribution in [-0.4, -0.2) is 30.5 Å². The molecule has 0 aromatic carbocycles. The molecule has 5 nitrogen and oxygen atoms in total. The van der Waals surface area contributed by atoms with Gasteiger partial charge in [0.25, 0.3) is 0 Å². The molecule has 1 aliphatic rings. The van der Waals surface area contributed by atoms with Crippen LogP contribution in [-0.2, 0) is 14.3 Å². The molecule has 18 heavy (non-hydrogen) atoms. The second kappa shape index (κ2) is 5.06. The van der Waals surface area contributed by atoms with E-state index in [4.69, 9.17) is 0 Å². The molecule has 6 heteroatoms. The van der Waals surface area contributed by atoms with Gasteiger partial charge in [0.1, 0.15) is 0 Å². The van der Waals surface area contributed by atoms with Gasteiger partial charge < -0.3 is 4.74 Å². The number of rotatable bonds is 4. The molecule has 0 unspecified atom stereocenters. The van der Waals surface area contributed by atoms with E-state index in [1.165, 1.54) is 18.4 Å². The number of thiazole rings is 1. The molecule has 1 saturated carbocycles. The third kappa shape index (κ3) is 2.38. The van der Waals surface area contributed by atoms with E-state index in [9.17, 15) is 9.59 Å². The van der Waals surface area contributed by atoms with Crippen molar-refractivity contribution < 1.29 is 14.3 Å². The maximum absolute atomic E-state index is 12.3. The summed E-state index contributed by atoms with van der Waals surface area (Å²) < 4.78 is 4.66. The minimum Gasteiger partial charge on any atom is -0.469 e. The Balaban J connectivity index is 2.06. The third-order valence-corrected chi connectivity index (χ3v) is 4.01. The largest absolute Gasteiger partial charge is 0.469 e. The van der Waals surface area contributed by atoms with Crippen LogP contribution in [0.1, 0.15) is 19.0 Å². The van der Waals surface area contributed by atoms with E-state index in [1.54, 1.807) is 4.90 Å². The first-order chi connectivity index (χ1) is 8.58. The van der Waals surface area contributed by atoms with Gasteiger partial charge in [0.05, 0.1) is 24.6 Å². The van der Waals surface area contributed by atoms with Gasteiger partial charge in [-0.2, -0.15) is 0 Å². The van der Waals surface area contributed by atoms with Crippen LogP contribution in [0, 0.1) is 18.8 Å². The predicted molar refractivity (Wildman–Crippen MR) is 68.5 cm³/mol. The molecule has 98 valence electrons. The first-order valence-corrected chi connectivity index (χ1v) is 6.77. The van der Waals surface area contributed by atoms with Crippen LogP contribution >= 0.6 is 11.3 Å². The number of hydrogen-bond donors (Lipinski definition) is 0. The highest BCUT2D eigenvalue weighted by Crippen LogP contribution is 2.41. The standard InChI is InChI=1S/C12H16N2O3S/c1-4-14(12-13-7(2)6-18-12)10(15)8-5-9(8)11(16)17-3/h6,8-9H,4-5H2,1-3H3/t8-,9+/m0/s1. The number of carbonyl (C=O) groups excluding carboxylic acids is 2. The highest BCUT2D eigenvalue weighted by atomic mass is 32.1. The van der Waals surface area contributed by atoms with Gasteiger partial charge in [-0.15, -0.1) is 11.3 Å². The van der Waals surface area contributed by atoms with E-state index < -0.39 is 0 Å². The predicted octanol–water partition coefficient (Wildman–Crippen LogP) is 1.61. The van der Waals surface area contributed by atoms with E-state index >= 15 is 0 Å². The maximum atomic E-state index is 12.3. The van der Waals surface area contributed by atoms with Crippen LogP contribution in [0.15, 0.2) is 5.38 Å². The van der Waals surface area contributed by atoms with Crippen LogP contribution in [0.5, 0.6) is 0 Å². The summed E-state index contributed by atoms with van der Waals surface area (Å²) >= 11 is 1.45. The average molecular weight is 268 g/mol. The molecule has 2 atom stereocenters. The highest BCUT2D eigenvalue weighted by Gasteiger charge is 2.50. The van der Waals surface area contributed by atoms with Crippen LogP contribution in [0.3, 0.4) is 0 Å². The molecule has 1 amide bonds. The van der Waals surface area contributed by atoms with Crippen molar-refractivity contribution >= 4 is 28.3 Å². The Labute approximate surface area is 110 Å². The number of methoxy groups -OCH3 is 1. The number of nitrogens with zero attached hydrogens (tertiary/aromatic N) is 2. The lowest BCUT2D eigenvalue weighted by Gasteiger charge is -2.17. The number of aromatic nitrogens is 1. The van der Waals surface area contributed by atoms with Crippen molar-refractivity contribution in [3.63, 3.8) is 0 Å². The summed E-state index contributed by atoms with van der Waals surface area (Å²) in [6.45, 7) is 4.37. The number of aryl methyl sites for hydroxylation is 1. The Hall–Kier alpha value is -1.43. The second-order valence-electron chi connectivity index (χ2n) is 4.33. The second-order valence-corrected chi connectivity index (χ2v) is 5.16. The monoisotopic (exact) mass is 268 g/mol. The molecule has 2 rings (SSSR count). The van der Waals surface area contributed by atoms with Gasteiger partial charge in [0.2, 0.25) is 5.91 Å². The van der Waals surface area contributed by atoms with Crippen molar-refractivity contribution in [3.05, 3.63) is 11.1 Å². The van der Waals surface area contributed by atoms with Crippen molar-refractivity contribution in [2.75, 3.05) is 18.6 Å². The molecule has 1 aliphatic carbocycles. The van der Waals surface area contributed by atoms with E-state index in [0.717, 1.165) is 5.69 Å². The van der Waals surface area contributed by atoms with E-state index in [0.29, 0.717) is 18.1 Å². The zero-order valence-electron chi connectivity index (χ0n) is 10.7. The Bertz CT molecular complexity index is 472. The molecular formula is C12H16N2O3S. The lowest BCUT2D eigenvalue weighted by atomic mass is 10.3. The molecule has 0 radical (unpaired) electrons. The first kappa shape index (κ1) is 13.0. The highest BCUT2D eigenvalue weighted by molar-refractivity contribution is 7.14. The minimum atomic E-state index is -0.292. The Morgan fingerprint density at radius 2 is 2.28 bits per heavy atom. The van der Waals surface area contributed by atoms with E-state index in [1.807, 2.05) is 19.2 Å². The fourth-order valence-corrected chi connectivity index (χ4v) is 2.80. The number of carbonyl (C=O) groups is 2. The fraction of sp³-hybridized carbons (Fsp3) is 0.583. The van der Waals surface area contributed by atoms with Gasteiger partial charge in [-0.3, -0.25) is 14.5 Å². The van der Waals surface area contributed by atoms with Gasteiger partial charge in [-0.25, -0.2) is 4.98 Å². The SMILES string of the molecule is CCN(C(=O)[C@H]1C[C@H]1C(=O)OC)c1nc(C)cs1. The van der Waals surface area contributed by atoms with E-state index in [2.05, 4.69) is 9.72 Å². The summed E-state index contributed by atoms with van der Waals surface area (Å²) in [4.78, 5) is 29.6. The maximum Gasteiger partial charge on any atom is 0.309 e. The topological polar surface area (TPSA) is 59.5 Å². The normalized spacial score (nSPS) is 21.5. The molecule has 0 N–H and O–H groups in total. The number of hydrogen-bond acceptors (Lipinski definition) is 5. The first-order valence-electron chi connectivity index (χ1n) is 5.89. The van der Waals surface area contributed by atoms with Crippen molar-refractivity contribution in [2.45, 2.75) is 20.3 Å². The van der Waals surface area contributed by atoms with Gasteiger partial charge in [0, 0.05) is 11.9 Å². The summed E-state index contributed by atoms with van der Waals surface area (Å²) in [5, 5.41) is 2.62. The number of ether oxygens (including phenoxy) is 1. The smallest absolute Gasteiger partial charge is 0.309 e. The van der Waals surface area contributed by atoms with Gasteiger partial charge >= 0.3 is 5.97 Å². The summed E-state index contributed by atoms with van der Waals surface area (Å²) in [5.41, 5.74) is 0.904. The van der Waals surface area contributed by atoms with Crippen molar-refractivity contribution in [3.8, 4) is 0 Å². The zero-order valence-corrected chi connectivity index (χ0v) is 11.5. The number of esters is 1. The molecule has 0 spiro atoms. The van der Waals surface area contributed by atoms with Crippen LogP contribution in [0.2, 0.25) is 0 Å². The van der Waals surface area contributed by atoms with Crippen molar-refractivity contribution in [2.24, 2.45) is 11.8 Å². The summed E-state index contributed by atoms with van der Waals surface area (Å²) in [6, 6.07) is 0. The van der Waals surface area contributed by atoms with E-state index in [-0.39, 0.29) is 23.7 Å². The minimum absolute atomic E-state index is 0.0257. The summed E-state index contributed by atoms with van der Waals surface area (Å²) in [5.74, 6) is -0.818. The van der Waals surface area contributed by atoms with Crippen molar-refractivity contribution in [1.82, 2.24) is 4.98 Å². The summed E-state index contributed by atoms with van der Waals surface area (Å²) in [6.07, 6.45) is 0.590. The van der Waals surface area contributed by atoms with Crippen molar-refractivity contribution in [1.29, 1.82) is 0 Å². The van der Waals surface area contributed by atoms with Crippen LogP contribution in [0.4, 0.5) is 5.13 Å². The van der Waals surface area contributed by atoms with Gasteiger partial charge in [-0.1, -0.05) is 0 Å². The van der Waals surface area contributed by atoms with Gasteiger partial charge in [-0.05, 0) is 20.3 Å². The molecule has 0 bridgehead atoms. The molecule has 1 heterocycles. The average Bonchev–Trinajstić information content (AvgIpc) is 3.06. The Morgan fingerprint density at radius 1 is 1.56 bits per heavy atom. The Kier molecular flexibility index (Phi) is 3.65. The number of amides is 1. The quantitative estimate of drug-likeness (QED) is 0.778. The molecule has 1 aromatic rings. The Morgan fingerprint density at radius 3 is 2.78 bits per heavy atom.